The Balaban J connectivity index is 2.92. The van der Waals surface area contributed by atoms with Gasteiger partial charge in [0.25, 0.3) is 0 Å². The van der Waals surface area contributed by atoms with E-state index in [0.29, 0.717) is 4.99 Å². The van der Waals surface area contributed by atoms with Crippen molar-refractivity contribution < 1.29 is 0 Å². The molecule has 1 aromatic rings. The standard InChI is InChI=1S/C12H22N4S/c1-5-6-7-8-15(3)12-10(11(13)17)9(2)14-16(12)4/h5-8H2,1-4H3,(H2,13,17). The molecule has 0 unspecified atom stereocenters. The van der Waals surface area contributed by atoms with Crippen molar-refractivity contribution in [1.29, 1.82) is 0 Å². The summed E-state index contributed by atoms with van der Waals surface area (Å²) >= 11 is 5.10. The molecule has 0 aromatic carbocycles. The first kappa shape index (κ1) is 14.0. The van der Waals surface area contributed by atoms with Gasteiger partial charge in [0.05, 0.1) is 11.3 Å². The first-order chi connectivity index (χ1) is 7.99. The van der Waals surface area contributed by atoms with Gasteiger partial charge >= 0.3 is 0 Å². The third kappa shape index (κ3) is 3.19. The highest BCUT2D eigenvalue weighted by Crippen LogP contribution is 2.22. The number of nitrogens with zero attached hydrogens (tertiary/aromatic N) is 3. The van der Waals surface area contributed by atoms with Gasteiger partial charge in [-0.2, -0.15) is 5.10 Å². The van der Waals surface area contributed by atoms with Gasteiger partial charge in [-0.3, -0.25) is 4.68 Å². The number of hydrogen-bond acceptors (Lipinski definition) is 3. The maximum atomic E-state index is 5.77. The van der Waals surface area contributed by atoms with Gasteiger partial charge in [0.15, 0.2) is 0 Å². The summed E-state index contributed by atoms with van der Waals surface area (Å²) in [7, 11) is 3.99. The van der Waals surface area contributed by atoms with Crippen LogP contribution in [0.15, 0.2) is 0 Å². The predicted octanol–water partition coefficient (Wildman–Crippen LogP) is 1.99. The Labute approximate surface area is 109 Å². The average Bonchev–Trinajstić information content (AvgIpc) is 2.53. The first-order valence-electron chi connectivity index (χ1n) is 6.03. The molecule has 17 heavy (non-hydrogen) atoms. The maximum Gasteiger partial charge on any atom is 0.136 e. The fourth-order valence-corrected chi connectivity index (χ4v) is 2.32. The molecule has 5 heteroatoms. The van der Waals surface area contributed by atoms with Crippen LogP contribution in [0, 0.1) is 6.92 Å². The molecule has 0 bridgehead atoms. The highest BCUT2D eigenvalue weighted by molar-refractivity contribution is 7.80. The second kappa shape index (κ2) is 6.00. The molecule has 0 saturated carbocycles. The maximum absolute atomic E-state index is 5.77. The Kier molecular flexibility index (Phi) is 4.93. The molecule has 0 aliphatic rings. The van der Waals surface area contributed by atoms with E-state index in [1.54, 1.807) is 0 Å². The van der Waals surface area contributed by atoms with Crippen molar-refractivity contribution in [2.45, 2.75) is 33.1 Å². The minimum Gasteiger partial charge on any atom is -0.389 e. The Morgan fingerprint density at radius 1 is 1.47 bits per heavy atom. The Morgan fingerprint density at radius 3 is 2.65 bits per heavy atom. The van der Waals surface area contributed by atoms with Gasteiger partial charge in [0, 0.05) is 20.6 Å². The van der Waals surface area contributed by atoms with Gasteiger partial charge in [-0.15, -0.1) is 0 Å². The molecule has 0 atom stereocenters. The second-order valence-corrected chi connectivity index (χ2v) is 4.84. The number of rotatable bonds is 6. The molecule has 0 saturated heterocycles. The Bertz CT molecular complexity index is 397. The highest BCUT2D eigenvalue weighted by atomic mass is 32.1. The molecule has 0 aliphatic heterocycles. The number of hydrogen-bond donors (Lipinski definition) is 1. The fraction of sp³-hybridized carbons (Fsp3) is 0.667. The molecule has 0 fully saturated rings. The zero-order valence-electron chi connectivity index (χ0n) is 11.2. The Hall–Kier alpha value is -1.10. The summed E-state index contributed by atoms with van der Waals surface area (Å²) < 4.78 is 1.86. The van der Waals surface area contributed by atoms with Gasteiger partial charge in [-0.25, -0.2) is 0 Å². The lowest BCUT2D eigenvalue weighted by Gasteiger charge is -2.20. The Morgan fingerprint density at radius 2 is 2.12 bits per heavy atom. The largest absolute Gasteiger partial charge is 0.389 e. The van der Waals surface area contributed by atoms with Crippen LogP contribution in [0.4, 0.5) is 5.82 Å². The number of anilines is 1. The van der Waals surface area contributed by atoms with E-state index in [4.69, 9.17) is 18.0 Å². The molecule has 0 amide bonds. The van der Waals surface area contributed by atoms with Crippen LogP contribution < -0.4 is 10.6 Å². The topological polar surface area (TPSA) is 47.1 Å². The van der Waals surface area contributed by atoms with Gasteiger partial charge in [-0.1, -0.05) is 32.0 Å². The van der Waals surface area contributed by atoms with Gasteiger partial charge in [0.1, 0.15) is 10.8 Å². The van der Waals surface area contributed by atoms with E-state index in [1.807, 2.05) is 18.7 Å². The minimum atomic E-state index is 0.424. The van der Waals surface area contributed by atoms with Crippen LogP contribution in [0.2, 0.25) is 0 Å². The summed E-state index contributed by atoms with van der Waals surface area (Å²) in [5, 5.41) is 4.39. The monoisotopic (exact) mass is 254 g/mol. The van der Waals surface area contributed by atoms with Gasteiger partial charge < -0.3 is 10.6 Å². The predicted molar refractivity (Wildman–Crippen MR) is 76.6 cm³/mol. The number of nitrogens with two attached hydrogens (primary N) is 1. The van der Waals surface area contributed by atoms with E-state index in [2.05, 4.69) is 24.0 Å². The van der Waals surface area contributed by atoms with E-state index in [-0.39, 0.29) is 0 Å². The summed E-state index contributed by atoms with van der Waals surface area (Å²) in [6, 6.07) is 0. The molecule has 2 N–H and O–H groups in total. The number of aromatic nitrogens is 2. The van der Waals surface area contributed by atoms with E-state index in [9.17, 15) is 0 Å². The van der Waals surface area contributed by atoms with Gasteiger partial charge in [-0.05, 0) is 13.3 Å². The molecule has 4 nitrogen and oxygen atoms in total. The van der Waals surface area contributed by atoms with Crippen LogP contribution in [0.5, 0.6) is 0 Å². The third-order valence-electron chi connectivity index (χ3n) is 2.90. The quantitative estimate of drug-likeness (QED) is 0.623. The summed E-state index contributed by atoms with van der Waals surface area (Å²) in [5.74, 6) is 1.02. The van der Waals surface area contributed by atoms with E-state index in [1.165, 1.54) is 19.3 Å². The van der Waals surface area contributed by atoms with Crippen LogP contribution in [0.25, 0.3) is 0 Å². The van der Waals surface area contributed by atoms with Crippen molar-refractivity contribution in [3.63, 3.8) is 0 Å². The van der Waals surface area contributed by atoms with E-state index < -0.39 is 0 Å². The molecule has 1 aromatic heterocycles. The van der Waals surface area contributed by atoms with E-state index in [0.717, 1.165) is 23.6 Å². The third-order valence-corrected chi connectivity index (χ3v) is 3.10. The minimum absolute atomic E-state index is 0.424. The molecule has 0 radical (unpaired) electrons. The van der Waals surface area contributed by atoms with E-state index >= 15 is 0 Å². The molecule has 0 spiro atoms. The highest BCUT2D eigenvalue weighted by Gasteiger charge is 2.18. The first-order valence-corrected chi connectivity index (χ1v) is 6.44. The van der Waals surface area contributed by atoms with Crippen molar-refractivity contribution in [2.75, 3.05) is 18.5 Å². The van der Waals surface area contributed by atoms with Crippen molar-refractivity contribution in [3.05, 3.63) is 11.3 Å². The number of aryl methyl sites for hydroxylation is 2. The smallest absolute Gasteiger partial charge is 0.136 e. The molecule has 1 heterocycles. The summed E-state index contributed by atoms with van der Waals surface area (Å²) in [5.41, 5.74) is 7.58. The average molecular weight is 254 g/mol. The van der Waals surface area contributed by atoms with Crippen LogP contribution in [0.1, 0.15) is 37.4 Å². The van der Waals surface area contributed by atoms with Crippen LogP contribution >= 0.6 is 12.2 Å². The molecule has 96 valence electrons. The lowest BCUT2D eigenvalue weighted by atomic mass is 10.2. The number of unbranched alkanes of at least 4 members (excludes halogenated alkanes) is 2. The normalized spacial score (nSPS) is 10.6. The number of thiocarbonyl (C=S) groups is 1. The van der Waals surface area contributed by atoms with Crippen LogP contribution in [0.3, 0.4) is 0 Å². The lowest BCUT2D eigenvalue weighted by Crippen LogP contribution is -2.24. The second-order valence-electron chi connectivity index (χ2n) is 4.40. The van der Waals surface area contributed by atoms with Crippen LogP contribution in [-0.4, -0.2) is 28.4 Å². The SMILES string of the molecule is CCCCCN(C)c1c(C(N)=S)c(C)nn1C. The zero-order valence-corrected chi connectivity index (χ0v) is 12.0. The summed E-state index contributed by atoms with van der Waals surface area (Å²) in [6.45, 7) is 5.15. The van der Waals surface area contributed by atoms with Crippen molar-refractivity contribution in [1.82, 2.24) is 9.78 Å². The van der Waals surface area contributed by atoms with Crippen molar-refractivity contribution in [3.8, 4) is 0 Å². The van der Waals surface area contributed by atoms with Crippen LogP contribution in [-0.2, 0) is 7.05 Å². The fourth-order valence-electron chi connectivity index (χ4n) is 2.08. The molecular weight excluding hydrogens is 232 g/mol. The van der Waals surface area contributed by atoms with Crippen molar-refractivity contribution >= 4 is 23.0 Å². The zero-order chi connectivity index (χ0) is 13.0. The summed E-state index contributed by atoms with van der Waals surface area (Å²) in [4.78, 5) is 2.61. The lowest BCUT2D eigenvalue weighted by molar-refractivity contribution is 0.676. The van der Waals surface area contributed by atoms with Crippen molar-refractivity contribution in [2.24, 2.45) is 12.8 Å². The molecule has 0 aliphatic carbocycles. The molecular formula is C12H22N4S. The molecule has 1 rings (SSSR count). The van der Waals surface area contributed by atoms with Gasteiger partial charge in [0.2, 0.25) is 0 Å². The summed E-state index contributed by atoms with van der Waals surface area (Å²) in [6.07, 6.45) is 3.64.